The van der Waals surface area contributed by atoms with Crippen LogP contribution >= 0.6 is 0 Å². The Kier molecular flexibility index (Phi) is 4.39. The van der Waals surface area contributed by atoms with Crippen molar-refractivity contribution in [3.05, 3.63) is 35.4 Å². The van der Waals surface area contributed by atoms with Crippen molar-refractivity contribution in [3.63, 3.8) is 0 Å². The van der Waals surface area contributed by atoms with E-state index in [-0.39, 0.29) is 5.56 Å². The number of rotatable bonds is 5. The van der Waals surface area contributed by atoms with Crippen LogP contribution in [0.15, 0.2) is 24.3 Å². The quantitative estimate of drug-likeness (QED) is 0.900. The molecule has 0 amide bonds. The number of nitrogens with two attached hydrogens (primary N) is 1. The molecule has 1 fully saturated rings. The van der Waals surface area contributed by atoms with E-state index in [0.717, 1.165) is 18.5 Å². The van der Waals surface area contributed by atoms with Gasteiger partial charge in [0.2, 0.25) is 0 Å². The van der Waals surface area contributed by atoms with Crippen molar-refractivity contribution < 1.29 is 13.2 Å². The molecule has 0 saturated heterocycles. The van der Waals surface area contributed by atoms with Crippen LogP contribution in [0.5, 0.6) is 0 Å². The summed E-state index contributed by atoms with van der Waals surface area (Å²) in [5, 5.41) is 0. The van der Waals surface area contributed by atoms with Gasteiger partial charge in [-0.25, -0.2) is 0 Å². The van der Waals surface area contributed by atoms with Gasteiger partial charge in [-0.2, -0.15) is 13.2 Å². The zero-order valence-corrected chi connectivity index (χ0v) is 11.8. The van der Waals surface area contributed by atoms with Gasteiger partial charge in [-0.3, -0.25) is 0 Å². The SMILES string of the molecule is CC1CC1CN(C)CC(N)c1ccccc1C(F)(F)F. The summed E-state index contributed by atoms with van der Waals surface area (Å²) in [5.41, 5.74) is 5.53. The number of hydrogen-bond donors (Lipinski definition) is 1. The van der Waals surface area contributed by atoms with Gasteiger partial charge in [0.25, 0.3) is 0 Å². The van der Waals surface area contributed by atoms with Crippen molar-refractivity contribution in [2.75, 3.05) is 20.1 Å². The molecule has 0 bridgehead atoms. The van der Waals surface area contributed by atoms with Gasteiger partial charge in [-0.1, -0.05) is 25.1 Å². The summed E-state index contributed by atoms with van der Waals surface area (Å²) < 4.78 is 38.8. The fraction of sp³-hybridized carbons (Fsp3) is 0.600. The minimum atomic E-state index is -4.35. The van der Waals surface area contributed by atoms with E-state index in [9.17, 15) is 13.2 Å². The molecule has 0 aromatic heterocycles. The molecular formula is C15H21F3N2. The Labute approximate surface area is 117 Å². The highest BCUT2D eigenvalue weighted by Crippen LogP contribution is 2.38. The van der Waals surface area contributed by atoms with Gasteiger partial charge in [0.1, 0.15) is 0 Å². The molecule has 0 aliphatic heterocycles. The molecule has 1 saturated carbocycles. The van der Waals surface area contributed by atoms with Crippen molar-refractivity contribution in [3.8, 4) is 0 Å². The molecule has 2 rings (SSSR count). The van der Waals surface area contributed by atoms with Crippen LogP contribution in [0.25, 0.3) is 0 Å². The molecule has 0 spiro atoms. The average molecular weight is 286 g/mol. The maximum absolute atomic E-state index is 12.9. The van der Waals surface area contributed by atoms with Crippen LogP contribution in [0.2, 0.25) is 0 Å². The second kappa shape index (κ2) is 5.74. The highest BCUT2D eigenvalue weighted by atomic mass is 19.4. The van der Waals surface area contributed by atoms with Gasteiger partial charge in [0.05, 0.1) is 5.56 Å². The van der Waals surface area contributed by atoms with Crippen LogP contribution in [-0.2, 0) is 6.18 Å². The topological polar surface area (TPSA) is 29.3 Å². The van der Waals surface area contributed by atoms with Crippen molar-refractivity contribution in [1.82, 2.24) is 4.90 Å². The highest BCUT2D eigenvalue weighted by Gasteiger charge is 2.35. The molecule has 1 aromatic carbocycles. The van der Waals surface area contributed by atoms with Crippen LogP contribution in [-0.4, -0.2) is 25.0 Å². The van der Waals surface area contributed by atoms with E-state index < -0.39 is 17.8 Å². The lowest BCUT2D eigenvalue weighted by Gasteiger charge is -2.24. The maximum atomic E-state index is 12.9. The van der Waals surface area contributed by atoms with Crippen LogP contribution in [0, 0.1) is 11.8 Å². The van der Waals surface area contributed by atoms with E-state index in [1.165, 1.54) is 18.6 Å². The molecule has 1 aliphatic rings. The molecule has 0 heterocycles. The first-order valence-corrected chi connectivity index (χ1v) is 6.89. The third kappa shape index (κ3) is 3.73. The molecule has 3 unspecified atom stereocenters. The Bertz CT molecular complexity index is 459. The van der Waals surface area contributed by atoms with E-state index in [0.29, 0.717) is 12.5 Å². The van der Waals surface area contributed by atoms with E-state index >= 15 is 0 Å². The number of likely N-dealkylation sites (N-methyl/N-ethyl adjacent to an activating group) is 1. The first-order chi connectivity index (χ1) is 9.29. The second-order valence-corrected chi connectivity index (χ2v) is 5.89. The average Bonchev–Trinajstić information content (AvgIpc) is 3.03. The van der Waals surface area contributed by atoms with Gasteiger partial charge in [0, 0.05) is 19.1 Å². The van der Waals surface area contributed by atoms with Crippen molar-refractivity contribution in [1.29, 1.82) is 0 Å². The lowest BCUT2D eigenvalue weighted by molar-refractivity contribution is -0.138. The first-order valence-electron chi connectivity index (χ1n) is 6.89. The summed E-state index contributed by atoms with van der Waals surface area (Å²) >= 11 is 0. The molecule has 2 N–H and O–H groups in total. The van der Waals surface area contributed by atoms with Crippen molar-refractivity contribution in [2.24, 2.45) is 17.6 Å². The smallest absolute Gasteiger partial charge is 0.323 e. The standard InChI is InChI=1S/C15H21F3N2/c1-10-7-11(10)8-20(2)9-14(19)12-5-3-4-6-13(12)15(16,17)18/h3-6,10-11,14H,7-9,19H2,1-2H3. The summed E-state index contributed by atoms with van der Waals surface area (Å²) in [6, 6.07) is 4.95. The van der Waals surface area contributed by atoms with E-state index in [1.807, 2.05) is 11.9 Å². The van der Waals surface area contributed by atoms with Gasteiger partial charge in [-0.15, -0.1) is 0 Å². The number of nitrogens with zero attached hydrogens (tertiary/aromatic N) is 1. The zero-order valence-electron chi connectivity index (χ0n) is 11.8. The molecule has 2 nitrogen and oxygen atoms in total. The summed E-state index contributed by atoms with van der Waals surface area (Å²) in [7, 11) is 1.92. The van der Waals surface area contributed by atoms with Crippen molar-refractivity contribution >= 4 is 0 Å². The Morgan fingerprint density at radius 2 is 1.95 bits per heavy atom. The van der Waals surface area contributed by atoms with Crippen molar-refractivity contribution in [2.45, 2.75) is 25.6 Å². The number of benzene rings is 1. The lowest BCUT2D eigenvalue weighted by Crippen LogP contribution is -2.32. The number of alkyl halides is 3. The molecule has 5 heteroatoms. The molecule has 1 aliphatic carbocycles. The Morgan fingerprint density at radius 3 is 2.50 bits per heavy atom. The van der Waals surface area contributed by atoms with Crippen LogP contribution in [0.3, 0.4) is 0 Å². The monoisotopic (exact) mass is 286 g/mol. The highest BCUT2D eigenvalue weighted by molar-refractivity contribution is 5.32. The minimum absolute atomic E-state index is 0.177. The minimum Gasteiger partial charge on any atom is -0.323 e. The summed E-state index contributed by atoms with van der Waals surface area (Å²) in [5.74, 6) is 1.40. The number of halogens is 3. The molecule has 1 aromatic rings. The van der Waals surface area contributed by atoms with E-state index in [4.69, 9.17) is 5.73 Å². The van der Waals surface area contributed by atoms with Gasteiger partial charge < -0.3 is 10.6 Å². The fourth-order valence-electron chi connectivity index (χ4n) is 2.64. The second-order valence-electron chi connectivity index (χ2n) is 5.89. The maximum Gasteiger partial charge on any atom is 0.416 e. The zero-order chi connectivity index (χ0) is 14.9. The van der Waals surface area contributed by atoms with Crippen LogP contribution in [0.1, 0.15) is 30.5 Å². The predicted octanol–water partition coefficient (Wildman–Crippen LogP) is 3.29. The lowest BCUT2D eigenvalue weighted by atomic mass is 10.00. The molecule has 20 heavy (non-hydrogen) atoms. The van der Waals surface area contributed by atoms with Crippen LogP contribution in [0.4, 0.5) is 13.2 Å². The summed E-state index contributed by atoms with van der Waals surface area (Å²) in [6.07, 6.45) is -3.14. The third-order valence-electron chi connectivity index (χ3n) is 4.00. The Morgan fingerprint density at radius 1 is 1.35 bits per heavy atom. The Hall–Kier alpha value is -1.07. The van der Waals surface area contributed by atoms with Gasteiger partial charge in [0.15, 0.2) is 0 Å². The first kappa shape index (κ1) is 15.3. The van der Waals surface area contributed by atoms with E-state index in [2.05, 4.69) is 6.92 Å². The van der Waals surface area contributed by atoms with E-state index in [1.54, 1.807) is 6.07 Å². The number of hydrogen-bond acceptors (Lipinski definition) is 2. The fourth-order valence-corrected chi connectivity index (χ4v) is 2.64. The summed E-state index contributed by atoms with van der Waals surface area (Å²) in [6.45, 7) is 3.54. The molecule has 112 valence electrons. The largest absolute Gasteiger partial charge is 0.416 e. The predicted molar refractivity (Wildman–Crippen MR) is 73.1 cm³/mol. The molecule has 0 radical (unpaired) electrons. The third-order valence-corrected chi connectivity index (χ3v) is 4.00. The molecule has 3 atom stereocenters. The van der Waals surface area contributed by atoms with Crippen LogP contribution < -0.4 is 5.73 Å². The Balaban J connectivity index is 2.03. The normalized spacial score (nSPS) is 23.9. The molecular weight excluding hydrogens is 265 g/mol. The van der Waals surface area contributed by atoms with Gasteiger partial charge >= 0.3 is 6.18 Å². The van der Waals surface area contributed by atoms with Gasteiger partial charge in [-0.05, 0) is 36.9 Å². The summed E-state index contributed by atoms with van der Waals surface area (Å²) in [4.78, 5) is 2.03.